The minimum Gasteiger partial charge on any atom is -0.486 e. The smallest absolute Gasteiger partial charge is 0.233 e. The molecular weight excluding hydrogens is 396 g/mol. The third-order valence-corrected chi connectivity index (χ3v) is 5.43. The van der Waals surface area contributed by atoms with E-state index < -0.39 is 0 Å². The van der Waals surface area contributed by atoms with E-state index in [0.29, 0.717) is 30.7 Å². The Bertz CT molecular complexity index is 988. The van der Waals surface area contributed by atoms with Crippen molar-refractivity contribution in [3.8, 4) is 5.75 Å². The Labute approximate surface area is 181 Å². The second kappa shape index (κ2) is 10.6. The number of aromatic nitrogens is 3. The summed E-state index contributed by atoms with van der Waals surface area (Å²) in [6, 6.07) is 17.8. The van der Waals surface area contributed by atoms with Crippen molar-refractivity contribution in [1.29, 1.82) is 0 Å². The van der Waals surface area contributed by atoms with Crippen LogP contribution in [0.3, 0.4) is 0 Å². The number of thioether (sulfide) groups is 1. The SMILES string of the molecule is C=CCn1c(COc2cccc(C)c2)nnc1SCC(=O)N(C)Cc1ccccc1. The number of nitrogens with zero attached hydrogens (tertiary/aromatic N) is 4. The third kappa shape index (κ3) is 5.97. The van der Waals surface area contributed by atoms with E-state index in [1.165, 1.54) is 11.8 Å². The summed E-state index contributed by atoms with van der Waals surface area (Å²) < 4.78 is 7.79. The highest BCUT2D eigenvalue weighted by atomic mass is 32.2. The number of hydrogen-bond donors (Lipinski definition) is 0. The Balaban J connectivity index is 1.60. The predicted molar refractivity (Wildman–Crippen MR) is 119 cm³/mol. The van der Waals surface area contributed by atoms with Crippen LogP contribution in [0.2, 0.25) is 0 Å². The summed E-state index contributed by atoms with van der Waals surface area (Å²) in [5, 5.41) is 9.19. The second-order valence-electron chi connectivity index (χ2n) is 6.93. The molecule has 3 aromatic rings. The van der Waals surface area contributed by atoms with Gasteiger partial charge in [-0.15, -0.1) is 16.8 Å². The van der Waals surface area contributed by atoms with Crippen LogP contribution in [-0.2, 0) is 24.5 Å². The van der Waals surface area contributed by atoms with Crippen LogP contribution in [0.4, 0.5) is 0 Å². The quantitative estimate of drug-likeness (QED) is 0.364. The lowest BCUT2D eigenvalue weighted by Gasteiger charge is -2.17. The summed E-state index contributed by atoms with van der Waals surface area (Å²) in [6.07, 6.45) is 1.78. The van der Waals surface area contributed by atoms with Gasteiger partial charge in [-0.05, 0) is 30.2 Å². The molecule has 0 atom stereocenters. The fraction of sp³-hybridized carbons (Fsp3) is 0.261. The minimum absolute atomic E-state index is 0.0366. The molecule has 0 aliphatic heterocycles. The first kappa shape index (κ1) is 21.6. The van der Waals surface area contributed by atoms with Crippen molar-refractivity contribution in [1.82, 2.24) is 19.7 Å². The molecule has 1 amide bonds. The summed E-state index contributed by atoms with van der Waals surface area (Å²) in [5.41, 5.74) is 2.23. The van der Waals surface area contributed by atoms with E-state index in [0.717, 1.165) is 16.9 Å². The average Bonchev–Trinajstić information content (AvgIpc) is 3.13. The Hall–Kier alpha value is -3.06. The number of allylic oxidation sites excluding steroid dienone is 1. The summed E-state index contributed by atoms with van der Waals surface area (Å²) in [5.74, 6) is 1.81. The monoisotopic (exact) mass is 422 g/mol. The molecule has 0 unspecified atom stereocenters. The fourth-order valence-corrected chi connectivity index (χ4v) is 3.79. The molecule has 3 rings (SSSR count). The largest absolute Gasteiger partial charge is 0.486 e. The molecule has 6 nitrogen and oxygen atoms in total. The van der Waals surface area contributed by atoms with Crippen molar-refractivity contribution in [2.45, 2.75) is 31.8 Å². The average molecular weight is 423 g/mol. The summed E-state index contributed by atoms with van der Waals surface area (Å²) in [7, 11) is 1.81. The van der Waals surface area contributed by atoms with Gasteiger partial charge in [0.1, 0.15) is 12.4 Å². The zero-order valence-electron chi connectivity index (χ0n) is 17.3. The molecule has 0 saturated carbocycles. The van der Waals surface area contributed by atoms with E-state index in [4.69, 9.17) is 4.74 Å². The number of amides is 1. The number of ether oxygens (including phenoxy) is 1. The summed E-state index contributed by atoms with van der Waals surface area (Å²) >= 11 is 1.37. The summed E-state index contributed by atoms with van der Waals surface area (Å²) in [6.45, 7) is 7.27. The van der Waals surface area contributed by atoms with Crippen molar-refractivity contribution < 1.29 is 9.53 Å². The molecule has 0 saturated heterocycles. The van der Waals surface area contributed by atoms with Crippen LogP contribution in [-0.4, -0.2) is 38.4 Å². The van der Waals surface area contributed by atoms with E-state index in [-0.39, 0.29) is 11.7 Å². The van der Waals surface area contributed by atoms with Crippen molar-refractivity contribution in [3.05, 3.63) is 84.2 Å². The molecule has 30 heavy (non-hydrogen) atoms. The number of carbonyl (C=O) groups excluding carboxylic acids is 1. The van der Waals surface area contributed by atoms with Crippen molar-refractivity contribution >= 4 is 17.7 Å². The molecule has 156 valence electrons. The van der Waals surface area contributed by atoms with Gasteiger partial charge in [-0.3, -0.25) is 9.36 Å². The molecule has 0 spiro atoms. The molecule has 1 aromatic heterocycles. The zero-order chi connectivity index (χ0) is 21.3. The molecule has 0 fully saturated rings. The normalized spacial score (nSPS) is 10.6. The Morgan fingerprint density at radius 3 is 2.73 bits per heavy atom. The lowest BCUT2D eigenvalue weighted by Crippen LogP contribution is -2.27. The van der Waals surface area contributed by atoms with Crippen LogP contribution in [0, 0.1) is 6.92 Å². The van der Waals surface area contributed by atoms with Gasteiger partial charge < -0.3 is 9.64 Å². The maximum atomic E-state index is 12.5. The maximum absolute atomic E-state index is 12.5. The van der Waals surface area contributed by atoms with Gasteiger partial charge in [0.25, 0.3) is 0 Å². The second-order valence-corrected chi connectivity index (χ2v) is 7.87. The topological polar surface area (TPSA) is 60.2 Å². The van der Waals surface area contributed by atoms with Gasteiger partial charge in [-0.2, -0.15) is 0 Å². The number of benzene rings is 2. The molecule has 2 aromatic carbocycles. The van der Waals surface area contributed by atoms with Gasteiger partial charge in [0.15, 0.2) is 11.0 Å². The van der Waals surface area contributed by atoms with Gasteiger partial charge >= 0.3 is 0 Å². The third-order valence-electron chi connectivity index (χ3n) is 4.48. The van der Waals surface area contributed by atoms with E-state index in [2.05, 4.69) is 16.8 Å². The van der Waals surface area contributed by atoms with Crippen molar-refractivity contribution in [2.75, 3.05) is 12.8 Å². The standard InChI is InChI=1S/C23H26N4O2S/c1-4-13-27-21(16-29-20-12-8-9-18(2)14-20)24-25-23(27)30-17-22(28)26(3)15-19-10-6-5-7-11-19/h4-12,14H,1,13,15-17H2,2-3H3. The first-order chi connectivity index (χ1) is 14.6. The van der Waals surface area contributed by atoms with Gasteiger partial charge in [-0.1, -0.05) is 60.3 Å². The molecule has 0 bridgehead atoms. The van der Waals surface area contributed by atoms with Gasteiger partial charge in [0.2, 0.25) is 5.91 Å². The molecule has 0 N–H and O–H groups in total. The molecule has 0 aliphatic rings. The fourth-order valence-electron chi connectivity index (χ4n) is 2.88. The zero-order valence-corrected chi connectivity index (χ0v) is 18.1. The highest BCUT2D eigenvalue weighted by Gasteiger charge is 2.16. The predicted octanol–water partition coefficient (Wildman–Crippen LogP) is 4.10. The lowest BCUT2D eigenvalue weighted by atomic mass is 10.2. The number of carbonyl (C=O) groups is 1. The Morgan fingerprint density at radius 2 is 2.00 bits per heavy atom. The number of aryl methyl sites for hydroxylation is 1. The molecule has 7 heteroatoms. The van der Waals surface area contributed by atoms with E-state index in [1.54, 1.807) is 11.0 Å². The van der Waals surface area contributed by atoms with E-state index in [1.807, 2.05) is 73.1 Å². The lowest BCUT2D eigenvalue weighted by molar-refractivity contribution is -0.127. The van der Waals surface area contributed by atoms with Crippen molar-refractivity contribution in [2.24, 2.45) is 0 Å². The van der Waals surface area contributed by atoms with Crippen LogP contribution < -0.4 is 4.74 Å². The molecular formula is C23H26N4O2S. The van der Waals surface area contributed by atoms with Crippen molar-refractivity contribution in [3.63, 3.8) is 0 Å². The van der Waals surface area contributed by atoms with E-state index in [9.17, 15) is 4.79 Å². The Kier molecular flexibility index (Phi) is 7.68. The number of rotatable bonds is 10. The molecule has 1 heterocycles. The summed E-state index contributed by atoms with van der Waals surface area (Å²) in [4.78, 5) is 14.3. The highest BCUT2D eigenvalue weighted by molar-refractivity contribution is 7.99. The highest BCUT2D eigenvalue weighted by Crippen LogP contribution is 2.20. The first-order valence-electron chi connectivity index (χ1n) is 9.70. The molecule has 0 radical (unpaired) electrons. The van der Waals surface area contributed by atoms with Gasteiger partial charge in [0, 0.05) is 20.1 Å². The van der Waals surface area contributed by atoms with Crippen LogP contribution in [0.5, 0.6) is 5.75 Å². The Morgan fingerprint density at radius 1 is 1.20 bits per heavy atom. The number of hydrogen-bond acceptors (Lipinski definition) is 5. The van der Waals surface area contributed by atoms with Gasteiger partial charge in [-0.25, -0.2) is 0 Å². The van der Waals surface area contributed by atoms with Crippen LogP contribution in [0.15, 0.2) is 72.4 Å². The van der Waals surface area contributed by atoms with Crippen LogP contribution in [0.1, 0.15) is 17.0 Å². The maximum Gasteiger partial charge on any atom is 0.233 e. The first-order valence-corrected chi connectivity index (χ1v) is 10.7. The van der Waals surface area contributed by atoms with E-state index >= 15 is 0 Å². The van der Waals surface area contributed by atoms with Crippen LogP contribution >= 0.6 is 11.8 Å². The van der Waals surface area contributed by atoms with Gasteiger partial charge in [0.05, 0.1) is 5.75 Å². The minimum atomic E-state index is 0.0366. The molecule has 0 aliphatic carbocycles. The van der Waals surface area contributed by atoms with Crippen LogP contribution in [0.25, 0.3) is 0 Å².